The highest BCUT2D eigenvalue weighted by Crippen LogP contribution is 2.26. The Bertz CT molecular complexity index is 1130. The molecule has 0 amide bonds. The summed E-state index contributed by atoms with van der Waals surface area (Å²) in [5, 5.41) is 6.87. The second-order valence-electron chi connectivity index (χ2n) is 9.14. The van der Waals surface area contributed by atoms with E-state index in [4.69, 9.17) is 31.3 Å². The van der Waals surface area contributed by atoms with Crippen LogP contribution in [0.25, 0.3) is 11.3 Å². The number of nitrogens with zero attached hydrogens (tertiary/aromatic N) is 4. The van der Waals surface area contributed by atoms with Gasteiger partial charge in [0.05, 0.1) is 19.8 Å². The van der Waals surface area contributed by atoms with Crippen molar-refractivity contribution in [1.29, 1.82) is 0 Å². The van der Waals surface area contributed by atoms with E-state index in [1.807, 2.05) is 42.5 Å². The standard InChI is InChI=1S/C26H32N6O2S/c1-19-6-5-11-32(18-19)24-16-23(31-12-14-33-15-13-31)28-25(29-24)30-26(35)27-17-21-9-10-22(34-21)20-7-3-2-4-8-20/h2-4,7-10,16,19H,5-6,11-15,17-18H2,1H3,(H2,27,28,29,30,35)/t19-/m1/s1. The van der Waals surface area contributed by atoms with Gasteiger partial charge in [-0.1, -0.05) is 37.3 Å². The van der Waals surface area contributed by atoms with Crippen LogP contribution < -0.4 is 20.4 Å². The van der Waals surface area contributed by atoms with Gasteiger partial charge in [0.25, 0.3) is 0 Å². The maximum Gasteiger partial charge on any atom is 0.232 e. The third kappa shape index (κ3) is 6.10. The molecule has 2 N–H and O–H groups in total. The van der Waals surface area contributed by atoms with Gasteiger partial charge < -0.3 is 29.6 Å². The monoisotopic (exact) mass is 492 g/mol. The second kappa shape index (κ2) is 11.0. The fourth-order valence-corrected chi connectivity index (χ4v) is 4.70. The van der Waals surface area contributed by atoms with Gasteiger partial charge in [0.15, 0.2) is 5.11 Å². The van der Waals surface area contributed by atoms with Crippen LogP contribution in [0.3, 0.4) is 0 Å². The smallest absolute Gasteiger partial charge is 0.232 e. The maximum atomic E-state index is 5.97. The molecule has 8 nitrogen and oxygen atoms in total. The van der Waals surface area contributed by atoms with Crippen LogP contribution in [0.4, 0.5) is 17.6 Å². The van der Waals surface area contributed by atoms with Crippen LogP contribution in [0.5, 0.6) is 0 Å². The van der Waals surface area contributed by atoms with E-state index in [9.17, 15) is 0 Å². The summed E-state index contributed by atoms with van der Waals surface area (Å²) in [4.78, 5) is 14.2. The third-order valence-electron chi connectivity index (χ3n) is 6.38. The quantitative estimate of drug-likeness (QED) is 0.490. The van der Waals surface area contributed by atoms with E-state index in [-0.39, 0.29) is 0 Å². The lowest BCUT2D eigenvalue weighted by Crippen LogP contribution is -2.38. The van der Waals surface area contributed by atoms with Gasteiger partial charge in [-0.3, -0.25) is 0 Å². The Balaban J connectivity index is 1.27. The molecule has 5 rings (SSSR count). The van der Waals surface area contributed by atoms with E-state index >= 15 is 0 Å². The molecule has 0 bridgehead atoms. The Morgan fingerprint density at radius 1 is 1.03 bits per heavy atom. The maximum absolute atomic E-state index is 5.97. The Morgan fingerprint density at radius 3 is 2.57 bits per heavy atom. The lowest BCUT2D eigenvalue weighted by molar-refractivity contribution is 0.122. The molecule has 1 atom stereocenters. The van der Waals surface area contributed by atoms with Crippen LogP contribution in [0.2, 0.25) is 0 Å². The van der Waals surface area contributed by atoms with Crippen molar-refractivity contribution in [2.45, 2.75) is 26.3 Å². The SMILES string of the molecule is C[C@@H]1CCCN(c2cc(N3CCOCC3)nc(NC(=S)NCc3ccc(-c4ccccc4)o3)n2)C1. The first kappa shape index (κ1) is 23.6. The average Bonchev–Trinajstić information content (AvgIpc) is 3.38. The van der Waals surface area contributed by atoms with Crippen LogP contribution in [-0.2, 0) is 11.3 Å². The minimum atomic E-state index is 0.458. The molecule has 2 aromatic heterocycles. The Hall–Kier alpha value is -3.17. The number of anilines is 3. The van der Waals surface area contributed by atoms with Crippen LogP contribution >= 0.6 is 12.2 Å². The van der Waals surface area contributed by atoms with Crippen LogP contribution in [-0.4, -0.2) is 54.5 Å². The number of furan rings is 1. The molecule has 1 aromatic carbocycles. The van der Waals surface area contributed by atoms with Crippen molar-refractivity contribution < 1.29 is 9.15 Å². The van der Waals surface area contributed by atoms with Crippen molar-refractivity contribution in [3.05, 3.63) is 54.3 Å². The average molecular weight is 493 g/mol. The lowest BCUT2D eigenvalue weighted by Gasteiger charge is -2.33. The van der Waals surface area contributed by atoms with Crippen molar-refractivity contribution in [1.82, 2.24) is 15.3 Å². The highest BCUT2D eigenvalue weighted by atomic mass is 32.1. The largest absolute Gasteiger partial charge is 0.459 e. The van der Waals surface area contributed by atoms with Crippen molar-refractivity contribution in [2.24, 2.45) is 5.92 Å². The van der Waals surface area contributed by atoms with Gasteiger partial charge in [0, 0.05) is 37.8 Å². The fourth-order valence-electron chi connectivity index (χ4n) is 4.54. The highest BCUT2D eigenvalue weighted by molar-refractivity contribution is 7.80. The van der Waals surface area contributed by atoms with Crippen molar-refractivity contribution in [2.75, 3.05) is 54.5 Å². The van der Waals surface area contributed by atoms with E-state index in [2.05, 4.69) is 33.4 Å². The number of nitrogens with one attached hydrogen (secondary N) is 2. The van der Waals surface area contributed by atoms with E-state index in [1.54, 1.807) is 0 Å². The number of hydrogen-bond donors (Lipinski definition) is 2. The molecule has 184 valence electrons. The normalized spacial score (nSPS) is 18.4. The number of aromatic nitrogens is 2. The number of rotatable bonds is 6. The first-order chi connectivity index (χ1) is 17.1. The summed E-state index contributed by atoms with van der Waals surface area (Å²) in [6, 6.07) is 16.1. The predicted octanol–water partition coefficient (Wildman–Crippen LogP) is 4.30. The summed E-state index contributed by atoms with van der Waals surface area (Å²) < 4.78 is 11.5. The van der Waals surface area contributed by atoms with Gasteiger partial charge in [0.1, 0.15) is 23.2 Å². The van der Waals surface area contributed by atoms with Gasteiger partial charge in [-0.05, 0) is 43.1 Å². The number of piperidine rings is 1. The van der Waals surface area contributed by atoms with Gasteiger partial charge in [0.2, 0.25) is 5.95 Å². The summed E-state index contributed by atoms with van der Waals surface area (Å²) in [5.74, 6) is 4.64. The molecule has 0 unspecified atom stereocenters. The van der Waals surface area contributed by atoms with Crippen LogP contribution in [0.1, 0.15) is 25.5 Å². The first-order valence-corrected chi connectivity index (χ1v) is 12.7. The molecule has 9 heteroatoms. The number of morpholine rings is 1. The van der Waals surface area contributed by atoms with Gasteiger partial charge in [-0.25, -0.2) is 0 Å². The molecular weight excluding hydrogens is 460 g/mol. The summed E-state index contributed by atoms with van der Waals surface area (Å²) in [6.45, 7) is 7.82. The number of benzene rings is 1. The van der Waals surface area contributed by atoms with Crippen molar-refractivity contribution in [3.63, 3.8) is 0 Å². The second-order valence-corrected chi connectivity index (χ2v) is 9.55. The zero-order valence-electron chi connectivity index (χ0n) is 20.1. The number of thiocarbonyl (C=S) groups is 1. The van der Waals surface area contributed by atoms with E-state index < -0.39 is 0 Å². The molecular formula is C26H32N6O2S. The number of hydrogen-bond acceptors (Lipinski definition) is 7. The van der Waals surface area contributed by atoms with Crippen LogP contribution in [0, 0.1) is 5.92 Å². The third-order valence-corrected chi connectivity index (χ3v) is 6.63. The van der Waals surface area contributed by atoms with Gasteiger partial charge >= 0.3 is 0 Å². The molecule has 0 spiro atoms. The molecule has 0 saturated carbocycles. The molecule has 0 aliphatic carbocycles. The molecule has 3 aromatic rings. The molecule has 35 heavy (non-hydrogen) atoms. The highest BCUT2D eigenvalue weighted by Gasteiger charge is 2.21. The minimum Gasteiger partial charge on any atom is -0.459 e. The van der Waals surface area contributed by atoms with Crippen molar-refractivity contribution >= 4 is 34.9 Å². The molecule has 2 fully saturated rings. The summed E-state index contributed by atoms with van der Waals surface area (Å²) >= 11 is 5.56. The molecule has 0 radical (unpaired) electrons. The summed E-state index contributed by atoms with van der Waals surface area (Å²) in [5.41, 5.74) is 1.05. The summed E-state index contributed by atoms with van der Waals surface area (Å²) in [7, 11) is 0. The van der Waals surface area contributed by atoms with Crippen LogP contribution in [0.15, 0.2) is 52.9 Å². The van der Waals surface area contributed by atoms with Gasteiger partial charge in [-0.2, -0.15) is 9.97 Å². The predicted molar refractivity (Wildman–Crippen MR) is 143 cm³/mol. The van der Waals surface area contributed by atoms with E-state index in [0.717, 1.165) is 54.9 Å². The Labute approximate surface area is 211 Å². The molecule has 4 heterocycles. The van der Waals surface area contributed by atoms with E-state index in [0.29, 0.717) is 36.7 Å². The fraction of sp³-hybridized carbons (Fsp3) is 0.423. The topological polar surface area (TPSA) is 78.7 Å². The summed E-state index contributed by atoms with van der Waals surface area (Å²) in [6.07, 6.45) is 2.44. The molecule has 2 aliphatic heterocycles. The minimum absolute atomic E-state index is 0.458. The lowest BCUT2D eigenvalue weighted by atomic mass is 10.0. The number of ether oxygens (including phenoxy) is 1. The zero-order chi connectivity index (χ0) is 24.0. The van der Waals surface area contributed by atoms with E-state index in [1.165, 1.54) is 12.8 Å². The van der Waals surface area contributed by atoms with Crippen molar-refractivity contribution in [3.8, 4) is 11.3 Å². The zero-order valence-corrected chi connectivity index (χ0v) is 20.9. The first-order valence-electron chi connectivity index (χ1n) is 12.3. The van der Waals surface area contributed by atoms with Gasteiger partial charge in [-0.15, -0.1) is 0 Å². The molecule has 2 saturated heterocycles. The molecule has 2 aliphatic rings. The Kier molecular flexibility index (Phi) is 7.44. The Morgan fingerprint density at radius 2 is 1.80 bits per heavy atom.